The fourth-order valence-electron chi connectivity index (χ4n) is 3.91. The van der Waals surface area contributed by atoms with Crippen LogP contribution in [0.15, 0.2) is 47.6 Å². The number of carbonyl (C=O) groups excluding carboxylic acids is 1. The molecule has 0 bridgehead atoms. The lowest BCUT2D eigenvalue weighted by Gasteiger charge is -2.28. The lowest BCUT2D eigenvalue weighted by atomic mass is 10.1. The summed E-state index contributed by atoms with van der Waals surface area (Å²) in [6.45, 7) is 5.85. The number of hydrogen-bond donors (Lipinski definition) is 1. The minimum atomic E-state index is -0.418. The van der Waals surface area contributed by atoms with Gasteiger partial charge in [-0.3, -0.25) is 9.36 Å². The molecule has 1 aliphatic rings. The number of piperidine rings is 1. The van der Waals surface area contributed by atoms with Gasteiger partial charge in [-0.05, 0) is 57.4 Å². The van der Waals surface area contributed by atoms with Crippen molar-refractivity contribution in [3.05, 3.63) is 48.0 Å². The summed E-state index contributed by atoms with van der Waals surface area (Å²) in [7, 11) is 3.16. The monoisotopic (exact) mass is 481 g/mol. The first-order valence-electron chi connectivity index (χ1n) is 11.5. The highest BCUT2D eigenvalue weighted by molar-refractivity contribution is 8.00. The Morgan fingerprint density at radius 3 is 2.44 bits per heavy atom. The molecule has 1 atom stereocenters. The molecule has 9 heteroatoms. The van der Waals surface area contributed by atoms with Crippen molar-refractivity contribution in [1.82, 2.24) is 14.8 Å². The van der Waals surface area contributed by atoms with Crippen LogP contribution in [-0.2, 0) is 4.79 Å². The van der Waals surface area contributed by atoms with Gasteiger partial charge >= 0.3 is 0 Å². The zero-order chi connectivity index (χ0) is 24.1. The third kappa shape index (κ3) is 5.30. The highest BCUT2D eigenvalue weighted by atomic mass is 32.2. The van der Waals surface area contributed by atoms with Crippen LogP contribution in [0.2, 0.25) is 0 Å². The Hall–Kier alpha value is -3.20. The van der Waals surface area contributed by atoms with Gasteiger partial charge in [0.15, 0.2) is 5.16 Å². The molecule has 180 valence electrons. The summed E-state index contributed by atoms with van der Waals surface area (Å²) in [6.07, 6.45) is 3.52. The van der Waals surface area contributed by atoms with Crippen molar-refractivity contribution in [2.75, 3.05) is 37.5 Å². The molecule has 0 saturated carbocycles. The molecule has 1 aromatic heterocycles. The number of carbonyl (C=O) groups is 1. The van der Waals surface area contributed by atoms with Crippen molar-refractivity contribution in [1.29, 1.82) is 0 Å². The van der Waals surface area contributed by atoms with Gasteiger partial charge in [-0.1, -0.05) is 29.5 Å². The molecule has 1 saturated heterocycles. The number of ether oxygens (including phenoxy) is 2. The first-order chi connectivity index (χ1) is 16.5. The van der Waals surface area contributed by atoms with Crippen LogP contribution >= 0.6 is 11.8 Å². The topological polar surface area (TPSA) is 81.5 Å². The second-order valence-electron chi connectivity index (χ2n) is 8.32. The first-order valence-corrected chi connectivity index (χ1v) is 12.3. The van der Waals surface area contributed by atoms with Gasteiger partial charge in [0.1, 0.15) is 11.5 Å². The third-order valence-electron chi connectivity index (χ3n) is 5.86. The molecular formula is C25H31N5O3S. The molecule has 1 aliphatic heterocycles. The summed E-state index contributed by atoms with van der Waals surface area (Å²) in [5.74, 6) is 1.88. The van der Waals surface area contributed by atoms with Crippen molar-refractivity contribution < 1.29 is 14.3 Å². The number of anilines is 2. The van der Waals surface area contributed by atoms with E-state index in [2.05, 4.69) is 56.2 Å². The Bertz CT molecular complexity index is 1130. The van der Waals surface area contributed by atoms with E-state index >= 15 is 0 Å². The number of nitrogens with zero attached hydrogens (tertiary/aromatic N) is 4. The molecule has 0 aliphatic carbocycles. The Morgan fingerprint density at radius 2 is 1.76 bits per heavy atom. The van der Waals surface area contributed by atoms with Crippen molar-refractivity contribution in [3.8, 4) is 17.2 Å². The van der Waals surface area contributed by atoms with Crippen molar-refractivity contribution in [2.45, 2.75) is 43.5 Å². The summed E-state index contributed by atoms with van der Waals surface area (Å²) in [5, 5.41) is 12.3. The van der Waals surface area contributed by atoms with E-state index in [1.54, 1.807) is 32.4 Å². The van der Waals surface area contributed by atoms with Gasteiger partial charge < -0.3 is 19.7 Å². The lowest BCUT2D eigenvalue weighted by molar-refractivity contribution is -0.115. The Kier molecular flexibility index (Phi) is 7.62. The van der Waals surface area contributed by atoms with E-state index in [4.69, 9.17) is 9.47 Å². The Morgan fingerprint density at radius 1 is 1.03 bits per heavy atom. The van der Waals surface area contributed by atoms with E-state index < -0.39 is 5.25 Å². The SMILES string of the molecule is COc1ccc(OC)c(NC(=O)C(C)Sc2nnc(N3CCCCC3)n2-c2ccc(C)cc2)c1. The van der Waals surface area contributed by atoms with E-state index in [1.807, 2.05) is 6.92 Å². The van der Waals surface area contributed by atoms with Gasteiger partial charge in [0.25, 0.3) is 0 Å². The van der Waals surface area contributed by atoms with E-state index in [1.165, 1.54) is 23.7 Å². The molecule has 1 unspecified atom stereocenters. The number of hydrogen-bond acceptors (Lipinski definition) is 7. The molecule has 1 N–H and O–H groups in total. The van der Waals surface area contributed by atoms with Crippen LogP contribution in [0.1, 0.15) is 31.7 Å². The molecule has 3 aromatic rings. The molecule has 2 aromatic carbocycles. The minimum Gasteiger partial charge on any atom is -0.497 e. The van der Waals surface area contributed by atoms with Gasteiger partial charge in [-0.2, -0.15) is 0 Å². The fraction of sp³-hybridized carbons (Fsp3) is 0.400. The molecule has 0 radical (unpaired) electrons. The second-order valence-corrected chi connectivity index (χ2v) is 9.62. The van der Waals surface area contributed by atoms with Gasteiger partial charge in [-0.25, -0.2) is 0 Å². The Labute approximate surface area is 204 Å². The highest BCUT2D eigenvalue weighted by Crippen LogP contribution is 2.33. The van der Waals surface area contributed by atoms with E-state index in [0.717, 1.165) is 37.6 Å². The summed E-state index contributed by atoms with van der Waals surface area (Å²) in [6, 6.07) is 13.6. The van der Waals surface area contributed by atoms with Crippen LogP contribution in [0.5, 0.6) is 11.5 Å². The van der Waals surface area contributed by atoms with Gasteiger partial charge in [0.05, 0.1) is 30.8 Å². The smallest absolute Gasteiger partial charge is 0.237 e. The number of rotatable bonds is 8. The van der Waals surface area contributed by atoms with Crippen LogP contribution in [0.3, 0.4) is 0 Å². The van der Waals surface area contributed by atoms with E-state index in [-0.39, 0.29) is 5.91 Å². The summed E-state index contributed by atoms with van der Waals surface area (Å²) in [4.78, 5) is 15.4. The predicted octanol–water partition coefficient (Wildman–Crippen LogP) is 4.70. The zero-order valence-electron chi connectivity index (χ0n) is 20.1. The van der Waals surface area contributed by atoms with Crippen LogP contribution in [-0.4, -0.2) is 53.2 Å². The van der Waals surface area contributed by atoms with Crippen molar-refractivity contribution in [2.24, 2.45) is 0 Å². The minimum absolute atomic E-state index is 0.158. The van der Waals surface area contributed by atoms with Gasteiger partial charge in [-0.15, -0.1) is 10.2 Å². The average Bonchev–Trinajstić information content (AvgIpc) is 3.28. The summed E-state index contributed by atoms with van der Waals surface area (Å²) < 4.78 is 12.7. The van der Waals surface area contributed by atoms with Crippen LogP contribution in [0.4, 0.5) is 11.6 Å². The predicted molar refractivity (Wildman–Crippen MR) is 136 cm³/mol. The quantitative estimate of drug-likeness (QED) is 0.467. The number of aromatic nitrogens is 3. The number of benzene rings is 2. The zero-order valence-corrected chi connectivity index (χ0v) is 20.9. The molecule has 0 spiro atoms. The molecular weight excluding hydrogens is 450 g/mol. The lowest BCUT2D eigenvalue weighted by Crippen LogP contribution is -2.31. The largest absolute Gasteiger partial charge is 0.497 e. The van der Waals surface area contributed by atoms with E-state index in [9.17, 15) is 4.79 Å². The van der Waals surface area contributed by atoms with Crippen molar-refractivity contribution >= 4 is 29.3 Å². The average molecular weight is 482 g/mol. The standard InChI is InChI=1S/C25H31N5O3S/c1-17-8-10-19(11-9-17)30-24(29-14-6-5-7-15-29)27-28-25(30)34-18(2)23(31)26-21-16-20(32-3)12-13-22(21)33-4/h8-13,16,18H,5-7,14-15H2,1-4H3,(H,26,31). The maximum absolute atomic E-state index is 13.1. The molecule has 8 nitrogen and oxygen atoms in total. The number of amides is 1. The molecule has 34 heavy (non-hydrogen) atoms. The molecule has 1 fully saturated rings. The fourth-order valence-corrected chi connectivity index (χ4v) is 4.78. The van der Waals surface area contributed by atoms with Gasteiger partial charge in [0, 0.05) is 19.2 Å². The molecule has 2 heterocycles. The molecule has 4 rings (SSSR count). The first kappa shape index (κ1) is 23.9. The van der Waals surface area contributed by atoms with Crippen LogP contribution in [0.25, 0.3) is 5.69 Å². The Balaban J connectivity index is 1.59. The van der Waals surface area contributed by atoms with E-state index in [0.29, 0.717) is 22.3 Å². The van der Waals surface area contributed by atoms with Crippen LogP contribution in [0, 0.1) is 6.92 Å². The van der Waals surface area contributed by atoms with Gasteiger partial charge in [0.2, 0.25) is 11.9 Å². The molecule has 1 amide bonds. The number of methoxy groups -OCH3 is 2. The second kappa shape index (κ2) is 10.8. The number of thioether (sulfide) groups is 1. The van der Waals surface area contributed by atoms with Crippen molar-refractivity contribution in [3.63, 3.8) is 0 Å². The normalized spacial score (nSPS) is 14.5. The third-order valence-corrected chi connectivity index (χ3v) is 6.91. The number of nitrogens with one attached hydrogen (secondary N) is 1. The maximum Gasteiger partial charge on any atom is 0.237 e. The van der Waals surface area contributed by atoms with Crippen LogP contribution < -0.4 is 19.7 Å². The summed E-state index contributed by atoms with van der Waals surface area (Å²) >= 11 is 1.38. The maximum atomic E-state index is 13.1. The highest BCUT2D eigenvalue weighted by Gasteiger charge is 2.25. The number of aryl methyl sites for hydroxylation is 1. The summed E-state index contributed by atoms with van der Waals surface area (Å²) in [5.41, 5.74) is 2.74.